The number of rotatable bonds is 1. The zero-order chi connectivity index (χ0) is 4.28. The van der Waals surface area contributed by atoms with Crippen molar-refractivity contribution >= 4 is 11.1 Å². The van der Waals surface area contributed by atoms with Gasteiger partial charge in [-0.1, -0.05) is 0 Å². The van der Waals surface area contributed by atoms with Crippen LogP contribution in [0.4, 0.5) is 0 Å². The molecule has 2 N–H and O–H groups in total. The van der Waals surface area contributed by atoms with Crippen LogP contribution in [0.2, 0.25) is 0 Å². The standard InChI is InChI=1S/CH4O3S.2Na.2H/c2-1-5(3)4;;;;/h2H,1H2,(H,3,4);;;;/q;2*+1;2*-1. The van der Waals surface area contributed by atoms with Gasteiger partial charge in [0.25, 0.3) is 0 Å². The molecule has 0 rings (SSSR count). The average Bonchev–Trinajstić information content (AvgIpc) is 1.38. The van der Waals surface area contributed by atoms with E-state index in [1.165, 1.54) is 0 Å². The molecule has 0 heterocycles. The van der Waals surface area contributed by atoms with E-state index in [0.717, 1.165) is 0 Å². The summed E-state index contributed by atoms with van der Waals surface area (Å²) in [7, 11) is 0. The van der Waals surface area contributed by atoms with E-state index in [9.17, 15) is 4.21 Å². The van der Waals surface area contributed by atoms with Gasteiger partial charge in [0.1, 0.15) is 5.94 Å². The molecule has 0 aromatic carbocycles. The Hall–Kier alpha value is 2.07. The first-order chi connectivity index (χ1) is 2.27. The number of hydrogen-bond donors (Lipinski definition) is 2. The topological polar surface area (TPSA) is 57.5 Å². The van der Waals surface area contributed by atoms with Gasteiger partial charge in [0.05, 0.1) is 0 Å². The summed E-state index contributed by atoms with van der Waals surface area (Å²) in [6.07, 6.45) is 0. The first kappa shape index (κ1) is 16.0. The molecule has 0 radical (unpaired) electrons. The van der Waals surface area contributed by atoms with Crippen LogP contribution in [-0.4, -0.2) is 19.8 Å². The Morgan fingerprint density at radius 1 is 1.57 bits per heavy atom. The van der Waals surface area contributed by atoms with Gasteiger partial charge >= 0.3 is 59.1 Å². The largest absolute Gasteiger partial charge is 1.00 e. The monoisotopic (exact) mass is 144 g/mol. The van der Waals surface area contributed by atoms with Gasteiger partial charge in [0.2, 0.25) is 0 Å². The average molecular weight is 144 g/mol. The van der Waals surface area contributed by atoms with E-state index in [2.05, 4.69) is 0 Å². The summed E-state index contributed by atoms with van der Waals surface area (Å²) in [5.41, 5.74) is 0. The molecule has 36 valence electrons. The Labute approximate surface area is 91.7 Å². The molecular formula is CH6Na2O3S. The predicted octanol–water partition coefficient (Wildman–Crippen LogP) is -6.61. The first-order valence-corrected chi connectivity index (χ1v) is 2.23. The van der Waals surface area contributed by atoms with E-state index in [0.29, 0.717) is 0 Å². The zero-order valence-corrected chi connectivity index (χ0v) is 9.23. The predicted molar refractivity (Wildman–Crippen MR) is 20.1 cm³/mol. The number of hydrogen-bond acceptors (Lipinski definition) is 2. The zero-order valence-electron chi connectivity index (χ0n) is 6.42. The van der Waals surface area contributed by atoms with Gasteiger partial charge in [-0.3, -0.25) is 0 Å². The van der Waals surface area contributed by atoms with E-state index in [-0.39, 0.29) is 62.0 Å². The summed E-state index contributed by atoms with van der Waals surface area (Å²) in [5.74, 6) is -0.667. The van der Waals surface area contributed by atoms with Gasteiger partial charge in [-0.2, -0.15) is 0 Å². The summed E-state index contributed by atoms with van der Waals surface area (Å²) in [6, 6.07) is 0. The molecule has 0 saturated heterocycles. The van der Waals surface area contributed by atoms with E-state index in [1.54, 1.807) is 0 Å². The van der Waals surface area contributed by atoms with Crippen molar-refractivity contribution in [2.24, 2.45) is 0 Å². The van der Waals surface area contributed by atoms with Crippen molar-refractivity contribution in [1.29, 1.82) is 0 Å². The molecule has 1 unspecified atom stereocenters. The SMILES string of the molecule is O=S(O)CO.[H-].[H-].[Na+].[Na+]. The summed E-state index contributed by atoms with van der Waals surface area (Å²) in [5, 5.41) is 7.59. The minimum absolute atomic E-state index is 0. The van der Waals surface area contributed by atoms with Crippen molar-refractivity contribution in [3.05, 3.63) is 0 Å². The first-order valence-electron chi connectivity index (χ1n) is 0.954. The molecule has 0 bridgehead atoms. The number of aliphatic hydroxyl groups is 1. The number of aliphatic hydroxyl groups excluding tert-OH is 1. The van der Waals surface area contributed by atoms with Crippen LogP contribution < -0.4 is 59.1 Å². The summed E-state index contributed by atoms with van der Waals surface area (Å²) >= 11 is -2.02. The third kappa shape index (κ3) is 17.9. The Kier molecular flexibility index (Phi) is 25.1. The van der Waals surface area contributed by atoms with E-state index < -0.39 is 17.0 Å². The fourth-order valence-corrected chi connectivity index (χ4v) is 0. The Morgan fingerprint density at radius 2 is 1.71 bits per heavy atom. The van der Waals surface area contributed by atoms with Crippen molar-refractivity contribution in [1.82, 2.24) is 0 Å². The third-order valence-corrected chi connectivity index (χ3v) is 0.331. The van der Waals surface area contributed by atoms with Crippen LogP contribution in [-0.2, 0) is 11.1 Å². The molecule has 0 saturated carbocycles. The molecule has 0 amide bonds. The minimum Gasteiger partial charge on any atom is -1.00 e. The molecule has 0 spiro atoms. The van der Waals surface area contributed by atoms with Crippen LogP contribution in [0.3, 0.4) is 0 Å². The Balaban J connectivity index is -0.0000000133. The van der Waals surface area contributed by atoms with Gasteiger partial charge < -0.3 is 12.5 Å². The Morgan fingerprint density at radius 3 is 1.71 bits per heavy atom. The van der Waals surface area contributed by atoms with Crippen LogP contribution >= 0.6 is 0 Å². The van der Waals surface area contributed by atoms with Crippen molar-refractivity contribution < 1.29 is 75.8 Å². The second-order valence-electron chi connectivity index (χ2n) is 0.451. The summed E-state index contributed by atoms with van der Waals surface area (Å²) in [6.45, 7) is 0. The molecule has 6 heteroatoms. The molecule has 1 atom stereocenters. The minimum atomic E-state index is -2.02. The van der Waals surface area contributed by atoms with Crippen LogP contribution in [0.15, 0.2) is 0 Å². The van der Waals surface area contributed by atoms with Crippen molar-refractivity contribution in [2.75, 3.05) is 5.94 Å². The van der Waals surface area contributed by atoms with E-state index >= 15 is 0 Å². The normalized spacial score (nSPS) is 10.6. The van der Waals surface area contributed by atoms with Gasteiger partial charge in [0.15, 0.2) is 11.1 Å². The maximum atomic E-state index is 9.23. The molecule has 0 aromatic rings. The molecule has 3 nitrogen and oxygen atoms in total. The van der Waals surface area contributed by atoms with Crippen molar-refractivity contribution in [2.45, 2.75) is 0 Å². The van der Waals surface area contributed by atoms with Gasteiger partial charge in [-0.25, -0.2) is 4.21 Å². The van der Waals surface area contributed by atoms with Crippen LogP contribution in [0, 0.1) is 0 Å². The summed E-state index contributed by atoms with van der Waals surface area (Å²) in [4.78, 5) is 0. The van der Waals surface area contributed by atoms with Gasteiger partial charge in [0, 0.05) is 0 Å². The molecule has 0 aliphatic carbocycles. The van der Waals surface area contributed by atoms with Gasteiger partial charge in [-0.05, 0) is 0 Å². The van der Waals surface area contributed by atoms with Gasteiger partial charge in [-0.15, -0.1) is 0 Å². The van der Waals surface area contributed by atoms with Crippen molar-refractivity contribution in [3.8, 4) is 0 Å². The van der Waals surface area contributed by atoms with E-state index in [4.69, 9.17) is 9.66 Å². The second-order valence-corrected chi connectivity index (χ2v) is 1.35. The smallest absolute Gasteiger partial charge is 1.00 e. The van der Waals surface area contributed by atoms with Crippen LogP contribution in [0.1, 0.15) is 2.85 Å². The molecule has 0 aliphatic rings. The molecule has 0 aromatic heterocycles. The van der Waals surface area contributed by atoms with Crippen molar-refractivity contribution in [3.63, 3.8) is 0 Å². The second kappa shape index (κ2) is 10.9. The fourth-order valence-electron chi connectivity index (χ4n) is 0. The Bertz CT molecular complexity index is 55.1. The maximum Gasteiger partial charge on any atom is 1.00 e. The summed E-state index contributed by atoms with van der Waals surface area (Å²) < 4.78 is 16.8. The van der Waals surface area contributed by atoms with E-state index in [1.807, 2.05) is 0 Å². The molecule has 0 aliphatic heterocycles. The van der Waals surface area contributed by atoms with Crippen LogP contribution in [0.5, 0.6) is 0 Å². The third-order valence-electron chi connectivity index (χ3n) is 0.110. The maximum absolute atomic E-state index is 9.23. The molecule has 7 heavy (non-hydrogen) atoms. The fraction of sp³-hybridized carbons (Fsp3) is 1.00. The van der Waals surface area contributed by atoms with Crippen LogP contribution in [0.25, 0.3) is 0 Å². The molecule has 0 fully saturated rings. The molecular weight excluding hydrogens is 138 g/mol. The quantitative estimate of drug-likeness (QED) is 0.284.